The van der Waals surface area contributed by atoms with E-state index in [1.54, 1.807) is 54.7 Å². The summed E-state index contributed by atoms with van der Waals surface area (Å²) < 4.78 is 5.89. The van der Waals surface area contributed by atoms with E-state index in [1.807, 2.05) is 0 Å². The first kappa shape index (κ1) is 19.2. The standard InChI is InChI=1S/C19H15BrN4O4/c20-13-9-15(21-11-13)18(26)23-24-19(27)16(10-14-7-4-8-28-14)22-17(25)12-5-2-1-3-6-12/h1-11,21H,(H,22,25)(H,23,26)(H,24,27). The Morgan fingerprint density at radius 1 is 1.00 bits per heavy atom. The number of hydrazine groups is 1. The second-order valence-electron chi connectivity index (χ2n) is 5.53. The fourth-order valence-electron chi connectivity index (χ4n) is 2.21. The second-order valence-corrected chi connectivity index (χ2v) is 6.45. The largest absolute Gasteiger partial charge is 0.465 e. The number of H-pyrrole nitrogens is 1. The Labute approximate surface area is 168 Å². The summed E-state index contributed by atoms with van der Waals surface area (Å²) in [5, 5.41) is 2.52. The van der Waals surface area contributed by atoms with Crippen molar-refractivity contribution < 1.29 is 18.8 Å². The van der Waals surface area contributed by atoms with Crippen molar-refractivity contribution in [1.29, 1.82) is 0 Å². The Kier molecular flexibility index (Phi) is 6.07. The van der Waals surface area contributed by atoms with Gasteiger partial charge in [0.15, 0.2) is 0 Å². The normalized spacial score (nSPS) is 11.0. The Bertz CT molecular complexity index is 1010. The maximum atomic E-state index is 12.5. The number of carbonyl (C=O) groups is 3. The summed E-state index contributed by atoms with van der Waals surface area (Å²) >= 11 is 3.22. The van der Waals surface area contributed by atoms with Gasteiger partial charge in [-0.1, -0.05) is 18.2 Å². The molecule has 8 nitrogen and oxygen atoms in total. The highest BCUT2D eigenvalue weighted by molar-refractivity contribution is 9.10. The lowest BCUT2D eigenvalue weighted by Crippen LogP contribution is -2.45. The van der Waals surface area contributed by atoms with Gasteiger partial charge in [0.2, 0.25) is 0 Å². The van der Waals surface area contributed by atoms with E-state index in [0.29, 0.717) is 15.8 Å². The predicted molar refractivity (Wildman–Crippen MR) is 105 cm³/mol. The first-order chi connectivity index (χ1) is 13.5. The highest BCUT2D eigenvalue weighted by Gasteiger charge is 2.16. The average molecular weight is 443 g/mol. The highest BCUT2D eigenvalue weighted by atomic mass is 79.9. The van der Waals surface area contributed by atoms with Crippen LogP contribution in [0.4, 0.5) is 0 Å². The van der Waals surface area contributed by atoms with Gasteiger partial charge in [0.1, 0.15) is 17.2 Å². The third-order valence-electron chi connectivity index (χ3n) is 3.54. The molecule has 0 aliphatic rings. The lowest BCUT2D eigenvalue weighted by atomic mass is 10.2. The third kappa shape index (κ3) is 4.98. The number of hydrogen-bond donors (Lipinski definition) is 4. The minimum Gasteiger partial charge on any atom is -0.465 e. The molecule has 0 aliphatic heterocycles. The monoisotopic (exact) mass is 442 g/mol. The van der Waals surface area contributed by atoms with Crippen molar-refractivity contribution in [2.45, 2.75) is 0 Å². The third-order valence-corrected chi connectivity index (χ3v) is 4.00. The van der Waals surface area contributed by atoms with Gasteiger partial charge in [-0.2, -0.15) is 0 Å². The number of furan rings is 1. The molecule has 0 atom stereocenters. The van der Waals surface area contributed by atoms with Crippen molar-refractivity contribution >= 4 is 39.7 Å². The number of halogens is 1. The van der Waals surface area contributed by atoms with Crippen LogP contribution in [-0.4, -0.2) is 22.7 Å². The van der Waals surface area contributed by atoms with Crippen molar-refractivity contribution in [3.05, 3.63) is 88.2 Å². The molecule has 0 saturated carbocycles. The van der Waals surface area contributed by atoms with Crippen molar-refractivity contribution in [3.63, 3.8) is 0 Å². The Balaban J connectivity index is 1.72. The molecule has 3 rings (SSSR count). The molecule has 0 saturated heterocycles. The SMILES string of the molecule is O=C(NNC(=O)c1cc(Br)c[nH]1)C(=Cc1ccco1)NC(=O)c1ccccc1. The van der Waals surface area contributed by atoms with Crippen LogP contribution >= 0.6 is 15.9 Å². The van der Waals surface area contributed by atoms with Gasteiger partial charge in [0.05, 0.1) is 6.26 Å². The lowest BCUT2D eigenvalue weighted by Gasteiger charge is -2.11. The Hall–Kier alpha value is -3.59. The topological polar surface area (TPSA) is 116 Å². The zero-order valence-electron chi connectivity index (χ0n) is 14.4. The molecule has 4 N–H and O–H groups in total. The molecule has 142 valence electrons. The highest BCUT2D eigenvalue weighted by Crippen LogP contribution is 2.10. The van der Waals surface area contributed by atoms with E-state index < -0.39 is 17.7 Å². The van der Waals surface area contributed by atoms with Gasteiger partial charge in [-0.25, -0.2) is 0 Å². The van der Waals surface area contributed by atoms with Crippen LogP contribution in [0.25, 0.3) is 6.08 Å². The molecule has 0 unspecified atom stereocenters. The van der Waals surface area contributed by atoms with Gasteiger partial charge >= 0.3 is 0 Å². The Morgan fingerprint density at radius 2 is 1.79 bits per heavy atom. The molecule has 2 heterocycles. The van der Waals surface area contributed by atoms with Crippen LogP contribution in [0, 0.1) is 0 Å². The molecule has 0 bridgehead atoms. The molecular weight excluding hydrogens is 428 g/mol. The molecule has 3 aromatic rings. The zero-order valence-corrected chi connectivity index (χ0v) is 15.9. The van der Waals surface area contributed by atoms with Crippen LogP contribution in [0.15, 0.2) is 75.6 Å². The fraction of sp³-hybridized carbons (Fsp3) is 0. The van der Waals surface area contributed by atoms with Crippen LogP contribution in [0.3, 0.4) is 0 Å². The minimum atomic E-state index is -0.723. The van der Waals surface area contributed by atoms with E-state index >= 15 is 0 Å². The molecule has 3 amide bonds. The molecule has 0 aliphatic carbocycles. The van der Waals surface area contributed by atoms with Gasteiger partial charge in [-0.3, -0.25) is 25.2 Å². The number of rotatable bonds is 5. The quantitative estimate of drug-likeness (QED) is 0.358. The van der Waals surface area contributed by atoms with E-state index in [2.05, 4.69) is 37.1 Å². The number of amides is 3. The van der Waals surface area contributed by atoms with Crippen molar-refractivity contribution in [2.75, 3.05) is 0 Å². The van der Waals surface area contributed by atoms with Gasteiger partial charge in [0.25, 0.3) is 17.7 Å². The maximum absolute atomic E-state index is 12.5. The summed E-state index contributed by atoms with van der Waals surface area (Å²) in [4.78, 5) is 39.7. The number of benzene rings is 1. The summed E-state index contributed by atoms with van der Waals surface area (Å²) in [6.07, 6.45) is 4.37. The minimum absolute atomic E-state index is 0.100. The first-order valence-electron chi connectivity index (χ1n) is 8.09. The van der Waals surface area contributed by atoms with E-state index in [0.717, 1.165) is 0 Å². The predicted octanol–water partition coefficient (Wildman–Crippen LogP) is 2.60. The van der Waals surface area contributed by atoms with Crippen LogP contribution in [-0.2, 0) is 4.79 Å². The Morgan fingerprint density at radius 3 is 2.43 bits per heavy atom. The van der Waals surface area contributed by atoms with Gasteiger partial charge in [-0.05, 0) is 46.3 Å². The second kappa shape index (κ2) is 8.87. The summed E-state index contributed by atoms with van der Waals surface area (Å²) in [5.41, 5.74) is 5.06. The number of aromatic amines is 1. The van der Waals surface area contributed by atoms with E-state index in [-0.39, 0.29) is 11.4 Å². The lowest BCUT2D eigenvalue weighted by molar-refractivity contribution is -0.118. The summed E-state index contributed by atoms with van der Waals surface area (Å²) in [6.45, 7) is 0. The molecule has 1 aromatic carbocycles. The van der Waals surface area contributed by atoms with Gasteiger partial charge < -0.3 is 14.7 Å². The molecule has 9 heteroatoms. The zero-order chi connectivity index (χ0) is 19.9. The molecule has 28 heavy (non-hydrogen) atoms. The van der Waals surface area contributed by atoms with Crippen molar-refractivity contribution in [2.24, 2.45) is 0 Å². The number of hydrogen-bond acceptors (Lipinski definition) is 4. The van der Waals surface area contributed by atoms with Crippen LogP contribution < -0.4 is 16.2 Å². The molecule has 0 spiro atoms. The summed E-state index contributed by atoms with van der Waals surface area (Å²) in [5.74, 6) is -1.39. The van der Waals surface area contributed by atoms with Crippen molar-refractivity contribution in [1.82, 2.24) is 21.2 Å². The molecular formula is C19H15BrN4O4. The van der Waals surface area contributed by atoms with Crippen LogP contribution in [0.2, 0.25) is 0 Å². The van der Waals surface area contributed by atoms with E-state index in [9.17, 15) is 14.4 Å². The smallest absolute Gasteiger partial charge is 0.286 e. The van der Waals surface area contributed by atoms with Crippen LogP contribution in [0.1, 0.15) is 26.6 Å². The number of carbonyl (C=O) groups excluding carboxylic acids is 3. The number of nitrogens with one attached hydrogen (secondary N) is 4. The van der Waals surface area contributed by atoms with Crippen LogP contribution in [0.5, 0.6) is 0 Å². The maximum Gasteiger partial charge on any atom is 0.286 e. The molecule has 0 radical (unpaired) electrons. The first-order valence-corrected chi connectivity index (χ1v) is 8.88. The summed E-state index contributed by atoms with van der Waals surface area (Å²) in [7, 11) is 0. The number of aromatic nitrogens is 1. The molecule has 0 fully saturated rings. The van der Waals surface area contributed by atoms with E-state index in [4.69, 9.17) is 4.42 Å². The summed E-state index contributed by atoms with van der Waals surface area (Å²) in [6, 6.07) is 13.2. The van der Waals surface area contributed by atoms with Gasteiger partial charge in [-0.15, -0.1) is 0 Å². The van der Waals surface area contributed by atoms with Gasteiger partial charge in [0, 0.05) is 22.3 Å². The fourth-order valence-corrected chi connectivity index (χ4v) is 2.55. The average Bonchev–Trinajstić information content (AvgIpc) is 3.37. The van der Waals surface area contributed by atoms with Crippen molar-refractivity contribution in [3.8, 4) is 0 Å². The molecule has 2 aromatic heterocycles. The van der Waals surface area contributed by atoms with E-state index in [1.165, 1.54) is 12.3 Å².